The molecule has 0 amide bonds. The minimum atomic E-state index is -0.182. The molecule has 8 nitrogen and oxygen atoms in total. The molecule has 31 heavy (non-hydrogen) atoms. The number of hydrogen-bond donors (Lipinski definition) is 0. The van der Waals surface area contributed by atoms with Gasteiger partial charge in [0.2, 0.25) is 11.7 Å². The van der Waals surface area contributed by atoms with Gasteiger partial charge in [0.15, 0.2) is 11.0 Å². The molecule has 0 aliphatic rings. The summed E-state index contributed by atoms with van der Waals surface area (Å²) in [5.41, 5.74) is 0.594. The lowest BCUT2D eigenvalue weighted by molar-refractivity contribution is 0.364. The highest BCUT2D eigenvalue weighted by molar-refractivity contribution is 7.99. The second-order valence-corrected chi connectivity index (χ2v) is 10.1. The van der Waals surface area contributed by atoms with Crippen molar-refractivity contribution in [2.75, 3.05) is 0 Å². The molecule has 0 aliphatic carbocycles. The topological polar surface area (TPSA) is 91.1 Å². The molecule has 4 aromatic rings. The molecular formula is C22H28N6O2S. The van der Waals surface area contributed by atoms with Crippen LogP contribution < -0.4 is 5.56 Å². The van der Waals surface area contributed by atoms with E-state index in [4.69, 9.17) is 4.52 Å². The summed E-state index contributed by atoms with van der Waals surface area (Å²) in [6.45, 7) is 10.9. The molecule has 0 N–H and O–H groups in total. The van der Waals surface area contributed by atoms with Crippen molar-refractivity contribution < 1.29 is 4.52 Å². The lowest BCUT2D eigenvalue weighted by Gasteiger charge is -2.12. The van der Waals surface area contributed by atoms with Crippen molar-refractivity contribution >= 4 is 28.4 Å². The van der Waals surface area contributed by atoms with Gasteiger partial charge in [-0.25, -0.2) is 0 Å². The van der Waals surface area contributed by atoms with E-state index in [0.29, 0.717) is 34.6 Å². The monoisotopic (exact) mass is 440 g/mol. The first kappa shape index (κ1) is 21.5. The van der Waals surface area contributed by atoms with Crippen molar-refractivity contribution in [2.45, 2.75) is 76.2 Å². The summed E-state index contributed by atoms with van der Waals surface area (Å²) in [6.07, 6.45) is 3.07. The smallest absolute Gasteiger partial charge is 0.262 e. The second kappa shape index (κ2) is 8.45. The van der Waals surface area contributed by atoms with Gasteiger partial charge in [0.25, 0.3) is 5.56 Å². The van der Waals surface area contributed by atoms with E-state index in [2.05, 4.69) is 48.0 Å². The zero-order chi connectivity index (χ0) is 22.2. The highest BCUT2D eigenvalue weighted by Gasteiger charge is 2.25. The van der Waals surface area contributed by atoms with Crippen molar-refractivity contribution in [1.29, 1.82) is 0 Å². The number of fused-ring (bicyclic) bond motifs is 3. The summed E-state index contributed by atoms with van der Waals surface area (Å²) in [7, 11) is 0. The number of aryl methyl sites for hydroxylation is 1. The van der Waals surface area contributed by atoms with Crippen LogP contribution in [0.3, 0.4) is 0 Å². The summed E-state index contributed by atoms with van der Waals surface area (Å²) in [6, 6.07) is 7.61. The average molecular weight is 441 g/mol. The fourth-order valence-corrected chi connectivity index (χ4v) is 4.33. The minimum absolute atomic E-state index is 0.0251. The Balaban J connectivity index is 1.77. The first-order valence-electron chi connectivity index (χ1n) is 10.7. The van der Waals surface area contributed by atoms with Crippen LogP contribution >= 0.6 is 11.8 Å². The van der Waals surface area contributed by atoms with E-state index < -0.39 is 0 Å². The number of rotatable bonds is 7. The Morgan fingerprint density at radius 3 is 2.65 bits per heavy atom. The Morgan fingerprint density at radius 2 is 1.94 bits per heavy atom. The fraction of sp³-hybridized carbons (Fsp3) is 0.500. The molecule has 1 atom stereocenters. The fourth-order valence-electron chi connectivity index (χ4n) is 3.44. The van der Waals surface area contributed by atoms with E-state index in [-0.39, 0.29) is 16.2 Å². The Hall–Kier alpha value is -2.68. The highest BCUT2D eigenvalue weighted by atomic mass is 32.2. The van der Waals surface area contributed by atoms with Gasteiger partial charge in [-0.15, -0.1) is 10.2 Å². The van der Waals surface area contributed by atoms with Crippen molar-refractivity contribution in [2.24, 2.45) is 0 Å². The predicted molar refractivity (Wildman–Crippen MR) is 122 cm³/mol. The largest absolute Gasteiger partial charge is 0.338 e. The number of benzene rings is 1. The van der Waals surface area contributed by atoms with Crippen LogP contribution in [0, 0.1) is 0 Å². The maximum absolute atomic E-state index is 13.1. The highest BCUT2D eigenvalue weighted by Crippen LogP contribution is 2.34. The molecule has 0 saturated heterocycles. The maximum Gasteiger partial charge on any atom is 0.262 e. The van der Waals surface area contributed by atoms with Gasteiger partial charge in [-0.05, 0) is 25.5 Å². The Morgan fingerprint density at radius 1 is 1.16 bits per heavy atom. The predicted octanol–water partition coefficient (Wildman–Crippen LogP) is 4.77. The summed E-state index contributed by atoms with van der Waals surface area (Å²) >= 11 is 1.49. The molecular weight excluding hydrogens is 412 g/mol. The molecule has 9 heteroatoms. The van der Waals surface area contributed by atoms with Gasteiger partial charge in [-0.3, -0.25) is 13.8 Å². The number of para-hydroxylation sites is 1. The van der Waals surface area contributed by atoms with Crippen LogP contribution in [0.1, 0.15) is 70.8 Å². The van der Waals surface area contributed by atoms with Gasteiger partial charge in [0, 0.05) is 12.0 Å². The maximum atomic E-state index is 13.1. The lowest BCUT2D eigenvalue weighted by Crippen LogP contribution is -2.23. The third-order valence-electron chi connectivity index (χ3n) is 5.21. The zero-order valence-electron chi connectivity index (χ0n) is 18.6. The number of unbranched alkanes of at least 4 members (excludes halogenated alkanes) is 2. The van der Waals surface area contributed by atoms with Gasteiger partial charge in [-0.2, -0.15) is 4.98 Å². The van der Waals surface area contributed by atoms with Gasteiger partial charge < -0.3 is 4.52 Å². The van der Waals surface area contributed by atoms with Gasteiger partial charge in [0.05, 0.1) is 16.2 Å². The molecule has 0 radical (unpaired) electrons. The van der Waals surface area contributed by atoms with Crippen LogP contribution in [-0.4, -0.2) is 29.3 Å². The molecule has 1 unspecified atom stereocenters. The molecule has 0 spiro atoms. The Bertz CT molecular complexity index is 1270. The molecule has 164 valence electrons. The molecule has 1 aromatic carbocycles. The van der Waals surface area contributed by atoms with Crippen LogP contribution in [0.15, 0.2) is 38.7 Å². The summed E-state index contributed by atoms with van der Waals surface area (Å²) in [4.78, 5) is 17.7. The van der Waals surface area contributed by atoms with Crippen LogP contribution in [0.4, 0.5) is 0 Å². The first-order chi connectivity index (χ1) is 14.8. The third kappa shape index (κ3) is 4.11. The lowest BCUT2D eigenvalue weighted by atomic mass is 9.96. The number of thioether (sulfide) groups is 1. The standard InChI is InChI=1S/C22H28N6O2S/c1-6-7-10-13-27-18(29)15-11-8-9-12-16(15)28-20(27)24-25-21(28)31-14(2)17-23-19(26-30-17)22(3,4)5/h8-9,11-12,14H,6-7,10,13H2,1-5H3. The van der Waals surface area contributed by atoms with E-state index in [1.807, 2.05) is 35.6 Å². The molecule has 0 saturated carbocycles. The van der Waals surface area contributed by atoms with Crippen LogP contribution in [0.2, 0.25) is 0 Å². The molecule has 4 rings (SSSR count). The number of aromatic nitrogens is 6. The van der Waals surface area contributed by atoms with E-state index in [1.165, 1.54) is 11.8 Å². The number of nitrogens with zero attached hydrogens (tertiary/aromatic N) is 6. The third-order valence-corrected chi connectivity index (χ3v) is 6.24. The normalized spacial score (nSPS) is 13.3. The molecule has 0 fully saturated rings. The van der Waals surface area contributed by atoms with Crippen molar-refractivity contribution in [1.82, 2.24) is 29.3 Å². The summed E-state index contributed by atoms with van der Waals surface area (Å²) in [5.74, 6) is 1.79. The van der Waals surface area contributed by atoms with Gasteiger partial charge in [-0.1, -0.05) is 69.6 Å². The van der Waals surface area contributed by atoms with E-state index in [9.17, 15) is 4.79 Å². The molecule has 3 aromatic heterocycles. The zero-order valence-corrected chi connectivity index (χ0v) is 19.4. The van der Waals surface area contributed by atoms with Crippen molar-refractivity contribution in [3.63, 3.8) is 0 Å². The Labute approximate surface area is 185 Å². The van der Waals surface area contributed by atoms with Gasteiger partial charge in [0.1, 0.15) is 0 Å². The van der Waals surface area contributed by atoms with E-state index in [0.717, 1.165) is 24.8 Å². The number of hydrogen-bond acceptors (Lipinski definition) is 7. The van der Waals surface area contributed by atoms with Crippen molar-refractivity contribution in [3.05, 3.63) is 46.3 Å². The minimum Gasteiger partial charge on any atom is -0.338 e. The van der Waals surface area contributed by atoms with E-state index in [1.54, 1.807) is 4.57 Å². The second-order valence-electron chi connectivity index (χ2n) is 8.77. The van der Waals surface area contributed by atoms with Crippen molar-refractivity contribution in [3.8, 4) is 0 Å². The summed E-state index contributed by atoms with van der Waals surface area (Å²) in [5, 5.41) is 14.2. The summed E-state index contributed by atoms with van der Waals surface area (Å²) < 4.78 is 9.22. The first-order valence-corrected chi connectivity index (χ1v) is 11.6. The van der Waals surface area contributed by atoms with Crippen LogP contribution in [0.25, 0.3) is 16.7 Å². The average Bonchev–Trinajstić information content (AvgIpc) is 3.38. The molecule has 0 aliphatic heterocycles. The molecule has 3 heterocycles. The molecule has 0 bridgehead atoms. The van der Waals surface area contributed by atoms with Gasteiger partial charge >= 0.3 is 0 Å². The van der Waals surface area contributed by atoms with E-state index >= 15 is 0 Å². The Kier molecular flexibility index (Phi) is 5.88. The van der Waals surface area contributed by atoms with Crippen LogP contribution in [0.5, 0.6) is 0 Å². The van der Waals surface area contributed by atoms with Crippen LogP contribution in [-0.2, 0) is 12.0 Å². The SMILES string of the molecule is CCCCCn1c(=O)c2ccccc2n2c(SC(C)c3nc(C(C)(C)C)no3)nnc12. The quantitative estimate of drug-likeness (QED) is 0.302.